The second-order valence-electron chi connectivity index (χ2n) is 4.18. The van der Waals surface area contributed by atoms with Gasteiger partial charge in [-0.25, -0.2) is 18.4 Å². The lowest BCUT2D eigenvalue weighted by Crippen LogP contribution is -1.95. The molecule has 1 aromatic carbocycles. The van der Waals surface area contributed by atoms with Crippen molar-refractivity contribution >= 4 is 20.9 Å². The van der Waals surface area contributed by atoms with Gasteiger partial charge in [0, 0.05) is 17.9 Å². The zero-order valence-electron chi connectivity index (χ0n) is 10.1. The smallest absolute Gasteiger partial charge is 0.175 e. The molecule has 0 fully saturated rings. The Kier molecular flexibility index (Phi) is 2.60. The molecule has 0 bridgehead atoms. The van der Waals surface area contributed by atoms with Crippen LogP contribution in [0, 0.1) is 0 Å². The summed E-state index contributed by atoms with van der Waals surface area (Å²) in [5.41, 5.74) is 2.12. The first kappa shape index (κ1) is 11.9. The van der Waals surface area contributed by atoms with Crippen LogP contribution in [0.4, 0.5) is 0 Å². The lowest BCUT2D eigenvalue weighted by atomic mass is 10.2. The van der Waals surface area contributed by atoms with Crippen molar-refractivity contribution in [2.75, 3.05) is 6.26 Å². The van der Waals surface area contributed by atoms with E-state index in [1.807, 2.05) is 0 Å². The van der Waals surface area contributed by atoms with E-state index in [0.29, 0.717) is 11.3 Å². The molecule has 0 spiro atoms. The number of benzene rings is 1. The van der Waals surface area contributed by atoms with Crippen LogP contribution < -0.4 is 0 Å². The number of aromatic nitrogens is 2. The van der Waals surface area contributed by atoms with Crippen molar-refractivity contribution < 1.29 is 12.8 Å². The minimum absolute atomic E-state index is 0.284. The molecule has 5 nitrogen and oxygen atoms in total. The maximum atomic E-state index is 11.4. The summed E-state index contributed by atoms with van der Waals surface area (Å²) in [7, 11) is -3.18. The van der Waals surface area contributed by atoms with Gasteiger partial charge >= 0.3 is 0 Å². The van der Waals surface area contributed by atoms with Crippen molar-refractivity contribution in [3.05, 3.63) is 42.9 Å². The van der Waals surface area contributed by atoms with Gasteiger partial charge in [0.2, 0.25) is 0 Å². The molecular weight excluding hydrogens is 264 g/mol. The molecule has 0 aliphatic carbocycles. The number of hydrogen-bond donors (Lipinski definition) is 0. The Bertz CT molecular complexity index is 803. The summed E-state index contributed by atoms with van der Waals surface area (Å²) < 4.78 is 28.4. The van der Waals surface area contributed by atoms with Crippen LogP contribution in [0.3, 0.4) is 0 Å². The molecule has 0 aliphatic heterocycles. The fraction of sp³-hybridized carbons (Fsp3) is 0.0769. The average Bonchev–Trinajstić information content (AvgIpc) is 2.81. The summed E-state index contributed by atoms with van der Waals surface area (Å²) in [6.07, 6.45) is 4.23. The second kappa shape index (κ2) is 4.17. The van der Waals surface area contributed by atoms with E-state index in [-0.39, 0.29) is 4.90 Å². The molecule has 0 saturated heterocycles. The molecule has 6 heteroatoms. The first-order valence-electron chi connectivity index (χ1n) is 5.54. The van der Waals surface area contributed by atoms with E-state index in [1.54, 1.807) is 36.5 Å². The predicted octanol–water partition coefficient (Wildman–Crippen LogP) is 2.29. The Balaban J connectivity index is 2.07. The average molecular weight is 274 g/mol. The van der Waals surface area contributed by atoms with Crippen molar-refractivity contribution in [1.82, 2.24) is 9.97 Å². The topological polar surface area (TPSA) is 73.1 Å². The van der Waals surface area contributed by atoms with E-state index in [2.05, 4.69) is 9.97 Å². The number of nitrogens with zero attached hydrogens (tertiary/aromatic N) is 2. The number of hydrogen-bond acceptors (Lipinski definition) is 5. The van der Waals surface area contributed by atoms with Gasteiger partial charge in [0.25, 0.3) is 0 Å². The number of rotatable bonds is 2. The van der Waals surface area contributed by atoms with Crippen molar-refractivity contribution in [1.29, 1.82) is 0 Å². The van der Waals surface area contributed by atoms with Crippen LogP contribution in [0.2, 0.25) is 0 Å². The van der Waals surface area contributed by atoms with Gasteiger partial charge in [0.05, 0.1) is 11.1 Å². The van der Waals surface area contributed by atoms with Crippen LogP contribution >= 0.6 is 0 Å². The van der Waals surface area contributed by atoms with Crippen molar-refractivity contribution in [2.24, 2.45) is 0 Å². The maximum absolute atomic E-state index is 11.4. The summed E-state index contributed by atoms with van der Waals surface area (Å²) in [6.45, 7) is 0. The van der Waals surface area contributed by atoms with Gasteiger partial charge in [0.1, 0.15) is 17.6 Å². The Hall–Kier alpha value is -2.21. The van der Waals surface area contributed by atoms with Gasteiger partial charge in [0.15, 0.2) is 15.4 Å². The molecule has 3 rings (SSSR count). The van der Waals surface area contributed by atoms with Gasteiger partial charge in [-0.3, -0.25) is 0 Å². The van der Waals surface area contributed by atoms with E-state index in [1.165, 1.54) is 12.6 Å². The second-order valence-corrected chi connectivity index (χ2v) is 6.20. The molecule has 0 N–H and O–H groups in total. The lowest BCUT2D eigenvalue weighted by molar-refractivity contribution is 0.601. The quantitative estimate of drug-likeness (QED) is 0.717. The Morgan fingerprint density at radius 1 is 1.16 bits per heavy atom. The third-order valence-corrected chi connectivity index (χ3v) is 3.89. The van der Waals surface area contributed by atoms with Crippen LogP contribution in [0.1, 0.15) is 0 Å². The highest BCUT2D eigenvalue weighted by Crippen LogP contribution is 2.26. The van der Waals surface area contributed by atoms with Crippen LogP contribution in [0.25, 0.3) is 22.4 Å². The molecule has 19 heavy (non-hydrogen) atoms. The third-order valence-electron chi connectivity index (χ3n) is 2.76. The highest BCUT2D eigenvalue weighted by molar-refractivity contribution is 7.90. The minimum atomic E-state index is -3.18. The monoisotopic (exact) mass is 274 g/mol. The molecule has 2 aromatic heterocycles. The maximum Gasteiger partial charge on any atom is 0.175 e. The van der Waals surface area contributed by atoms with E-state index < -0.39 is 9.84 Å². The van der Waals surface area contributed by atoms with Gasteiger partial charge in [-0.2, -0.15) is 0 Å². The molecule has 96 valence electrons. The van der Waals surface area contributed by atoms with Gasteiger partial charge in [-0.05, 0) is 24.3 Å². The minimum Gasteiger partial charge on any atom is -0.453 e. The number of sulfone groups is 1. The summed E-state index contributed by atoms with van der Waals surface area (Å²) in [5.74, 6) is 0.635. The molecule has 3 aromatic rings. The first-order valence-corrected chi connectivity index (χ1v) is 7.43. The summed E-state index contributed by atoms with van der Waals surface area (Å²) in [5, 5.41) is 0. The van der Waals surface area contributed by atoms with Gasteiger partial charge < -0.3 is 4.42 Å². The summed E-state index contributed by atoms with van der Waals surface area (Å²) in [6, 6.07) is 8.34. The highest BCUT2D eigenvalue weighted by atomic mass is 32.2. The Morgan fingerprint density at radius 3 is 2.53 bits per heavy atom. The van der Waals surface area contributed by atoms with E-state index >= 15 is 0 Å². The lowest BCUT2D eigenvalue weighted by Gasteiger charge is -1.99. The Morgan fingerprint density at radius 2 is 1.89 bits per heavy atom. The van der Waals surface area contributed by atoms with E-state index in [0.717, 1.165) is 11.1 Å². The van der Waals surface area contributed by atoms with E-state index in [4.69, 9.17) is 4.42 Å². The molecular formula is C13H10N2O3S. The largest absolute Gasteiger partial charge is 0.453 e. The van der Waals surface area contributed by atoms with Crippen molar-refractivity contribution in [3.8, 4) is 11.3 Å². The predicted molar refractivity (Wildman–Crippen MR) is 70.3 cm³/mol. The van der Waals surface area contributed by atoms with Crippen LogP contribution in [-0.2, 0) is 9.84 Å². The number of furan rings is 1. The highest BCUT2D eigenvalue weighted by Gasteiger charge is 2.10. The molecule has 0 atom stereocenters. The number of fused-ring (bicyclic) bond motifs is 1. The third kappa shape index (κ3) is 2.22. The van der Waals surface area contributed by atoms with Crippen molar-refractivity contribution in [3.63, 3.8) is 0 Å². The zero-order chi connectivity index (χ0) is 13.5. The Labute approximate surface area is 109 Å². The molecule has 2 heterocycles. The van der Waals surface area contributed by atoms with E-state index in [9.17, 15) is 8.42 Å². The standard InChI is InChI=1S/C13H10N2O3S/c1-19(16,17)10-4-2-9(3-5-10)12-6-11-13(18-12)7-14-8-15-11/h2-8H,1H3. The van der Waals surface area contributed by atoms with Crippen LogP contribution in [0.5, 0.6) is 0 Å². The van der Waals surface area contributed by atoms with Gasteiger partial charge in [-0.15, -0.1) is 0 Å². The fourth-order valence-corrected chi connectivity index (χ4v) is 2.42. The SMILES string of the molecule is CS(=O)(=O)c1ccc(-c2cc3ncncc3o2)cc1. The molecule has 0 saturated carbocycles. The normalized spacial score (nSPS) is 11.8. The molecule has 0 radical (unpaired) electrons. The summed E-state index contributed by atoms with van der Waals surface area (Å²) >= 11 is 0. The first-order chi connectivity index (χ1) is 9.04. The fourth-order valence-electron chi connectivity index (χ4n) is 1.79. The van der Waals surface area contributed by atoms with Crippen LogP contribution in [0.15, 0.2) is 52.2 Å². The van der Waals surface area contributed by atoms with Crippen molar-refractivity contribution in [2.45, 2.75) is 4.90 Å². The zero-order valence-corrected chi connectivity index (χ0v) is 10.9. The molecule has 0 amide bonds. The molecule has 0 unspecified atom stereocenters. The van der Waals surface area contributed by atoms with Gasteiger partial charge in [-0.1, -0.05) is 0 Å². The molecule has 0 aliphatic rings. The van der Waals surface area contributed by atoms with Crippen LogP contribution in [-0.4, -0.2) is 24.6 Å². The summed E-state index contributed by atoms with van der Waals surface area (Å²) in [4.78, 5) is 8.25.